The number of hydrogen-bond acceptors (Lipinski definition) is 4. The van der Waals surface area contributed by atoms with Crippen LogP contribution >= 0.6 is 50.9 Å². The van der Waals surface area contributed by atoms with Gasteiger partial charge in [0.1, 0.15) is 0 Å². The highest BCUT2D eigenvalue weighted by molar-refractivity contribution is 9.10. The topological polar surface area (TPSA) is 50.7 Å². The standard InChI is InChI=1S/C16H13BrCl2N2O2S/c1-23-16-13(17)6-10(7-14(16)19)8-20-21-15(22)9-24-12-4-2-11(18)3-5-12/h2-8H,9H2,1H3,(H,21,22)/b20-8-. The molecule has 1 amide bonds. The number of rotatable bonds is 6. The van der Waals surface area contributed by atoms with E-state index in [1.807, 2.05) is 12.1 Å². The molecule has 2 rings (SSSR count). The minimum Gasteiger partial charge on any atom is -0.494 e. The Morgan fingerprint density at radius 1 is 1.33 bits per heavy atom. The lowest BCUT2D eigenvalue weighted by molar-refractivity contribution is -0.118. The van der Waals surface area contributed by atoms with Gasteiger partial charge in [0.05, 0.1) is 28.6 Å². The second-order valence-electron chi connectivity index (χ2n) is 4.55. The molecule has 0 saturated heterocycles. The van der Waals surface area contributed by atoms with Crippen LogP contribution in [0.3, 0.4) is 0 Å². The Labute approximate surface area is 162 Å². The summed E-state index contributed by atoms with van der Waals surface area (Å²) in [5.74, 6) is 0.605. The van der Waals surface area contributed by atoms with Gasteiger partial charge < -0.3 is 4.74 Å². The van der Waals surface area contributed by atoms with Crippen molar-refractivity contribution < 1.29 is 9.53 Å². The normalized spacial score (nSPS) is 10.8. The number of ether oxygens (including phenoxy) is 1. The zero-order valence-electron chi connectivity index (χ0n) is 12.6. The number of hydrogen-bond donors (Lipinski definition) is 1. The smallest absolute Gasteiger partial charge is 0.250 e. The van der Waals surface area contributed by atoms with E-state index in [0.717, 1.165) is 10.5 Å². The molecule has 0 unspecified atom stereocenters. The highest BCUT2D eigenvalue weighted by atomic mass is 79.9. The zero-order valence-corrected chi connectivity index (χ0v) is 16.5. The number of nitrogens with one attached hydrogen (secondary N) is 1. The van der Waals surface area contributed by atoms with Crippen LogP contribution in [0.5, 0.6) is 5.75 Å². The Kier molecular flexibility index (Phi) is 7.42. The lowest BCUT2D eigenvalue weighted by Crippen LogP contribution is -2.19. The zero-order chi connectivity index (χ0) is 17.5. The number of carbonyl (C=O) groups excluding carboxylic acids is 1. The summed E-state index contributed by atoms with van der Waals surface area (Å²) in [5, 5.41) is 5.05. The van der Waals surface area contributed by atoms with E-state index in [1.165, 1.54) is 25.1 Å². The molecule has 0 aromatic heterocycles. The molecule has 1 N–H and O–H groups in total. The van der Waals surface area contributed by atoms with Gasteiger partial charge in [0.2, 0.25) is 5.91 Å². The average Bonchev–Trinajstić information content (AvgIpc) is 2.54. The van der Waals surface area contributed by atoms with Gasteiger partial charge in [0.15, 0.2) is 5.75 Å². The summed E-state index contributed by atoms with van der Waals surface area (Å²) in [6, 6.07) is 10.8. The summed E-state index contributed by atoms with van der Waals surface area (Å²) in [5.41, 5.74) is 3.21. The van der Waals surface area contributed by atoms with E-state index in [1.54, 1.807) is 24.3 Å². The van der Waals surface area contributed by atoms with Crippen molar-refractivity contribution in [3.8, 4) is 5.75 Å². The average molecular weight is 448 g/mol. The molecule has 0 atom stereocenters. The van der Waals surface area contributed by atoms with Crippen molar-refractivity contribution in [2.45, 2.75) is 4.90 Å². The monoisotopic (exact) mass is 446 g/mol. The van der Waals surface area contributed by atoms with Gasteiger partial charge in [-0.25, -0.2) is 5.43 Å². The van der Waals surface area contributed by atoms with Crippen LogP contribution in [-0.2, 0) is 4.79 Å². The Morgan fingerprint density at radius 2 is 2.04 bits per heavy atom. The molecule has 0 aliphatic carbocycles. The maximum absolute atomic E-state index is 11.8. The van der Waals surface area contributed by atoms with Crippen molar-refractivity contribution in [2.75, 3.05) is 12.9 Å². The molecule has 4 nitrogen and oxygen atoms in total. The largest absolute Gasteiger partial charge is 0.494 e. The minimum absolute atomic E-state index is 0.204. The Balaban J connectivity index is 1.87. The molecule has 0 heterocycles. The van der Waals surface area contributed by atoms with Gasteiger partial charge in [-0.3, -0.25) is 4.79 Å². The summed E-state index contributed by atoms with van der Waals surface area (Å²) < 4.78 is 5.86. The predicted molar refractivity (Wildman–Crippen MR) is 104 cm³/mol. The van der Waals surface area contributed by atoms with Crippen LogP contribution in [-0.4, -0.2) is 25.0 Å². The molecule has 0 spiro atoms. The number of halogens is 3. The molecule has 2 aromatic carbocycles. The molecule has 24 heavy (non-hydrogen) atoms. The summed E-state index contributed by atoms with van der Waals surface area (Å²) in [7, 11) is 1.54. The highest BCUT2D eigenvalue weighted by Crippen LogP contribution is 2.33. The van der Waals surface area contributed by atoms with Crippen molar-refractivity contribution in [3.63, 3.8) is 0 Å². The number of benzene rings is 2. The summed E-state index contributed by atoms with van der Waals surface area (Å²) >= 11 is 16.7. The third kappa shape index (κ3) is 5.70. The number of hydrazone groups is 1. The van der Waals surface area contributed by atoms with Crippen molar-refractivity contribution >= 4 is 63.0 Å². The molecule has 0 radical (unpaired) electrons. The molecular weight excluding hydrogens is 435 g/mol. The minimum atomic E-state index is -0.204. The number of methoxy groups -OCH3 is 1. The SMILES string of the molecule is COc1c(Cl)cc(/C=N\NC(=O)CSc2ccc(Cl)cc2)cc1Br. The van der Waals surface area contributed by atoms with Crippen LogP contribution in [0.1, 0.15) is 5.56 Å². The van der Waals surface area contributed by atoms with E-state index < -0.39 is 0 Å². The molecule has 2 aromatic rings. The van der Waals surface area contributed by atoms with Gasteiger partial charge >= 0.3 is 0 Å². The molecule has 0 aliphatic heterocycles. The van der Waals surface area contributed by atoms with Crippen LogP contribution in [0, 0.1) is 0 Å². The number of thioether (sulfide) groups is 1. The second kappa shape index (κ2) is 9.32. The second-order valence-corrected chi connectivity index (χ2v) is 7.30. The quantitative estimate of drug-likeness (QED) is 0.384. The molecule has 0 bridgehead atoms. The van der Waals surface area contributed by atoms with Gasteiger partial charge in [0, 0.05) is 9.92 Å². The van der Waals surface area contributed by atoms with E-state index in [4.69, 9.17) is 27.9 Å². The first-order valence-electron chi connectivity index (χ1n) is 6.73. The van der Waals surface area contributed by atoms with Crippen LogP contribution in [0.15, 0.2) is 50.9 Å². The van der Waals surface area contributed by atoms with Crippen LogP contribution in [0.2, 0.25) is 10.0 Å². The molecular formula is C16H13BrCl2N2O2S. The van der Waals surface area contributed by atoms with Gasteiger partial charge in [-0.1, -0.05) is 23.2 Å². The van der Waals surface area contributed by atoms with Gasteiger partial charge in [-0.2, -0.15) is 5.10 Å². The van der Waals surface area contributed by atoms with E-state index >= 15 is 0 Å². The van der Waals surface area contributed by atoms with E-state index in [9.17, 15) is 4.79 Å². The van der Waals surface area contributed by atoms with Crippen molar-refractivity contribution in [1.82, 2.24) is 5.43 Å². The van der Waals surface area contributed by atoms with Crippen LogP contribution in [0.4, 0.5) is 0 Å². The molecule has 0 saturated carbocycles. The number of nitrogens with zero attached hydrogens (tertiary/aromatic N) is 1. The Hall–Kier alpha value is -1.21. The molecule has 0 fully saturated rings. The first-order valence-corrected chi connectivity index (χ1v) is 9.26. The Morgan fingerprint density at radius 3 is 2.67 bits per heavy atom. The summed E-state index contributed by atoms with van der Waals surface area (Å²) in [4.78, 5) is 12.7. The summed E-state index contributed by atoms with van der Waals surface area (Å²) in [6.07, 6.45) is 1.51. The fourth-order valence-corrected chi connectivity index (χ4v) is 3.62. The Bertz CT molecular complexity index is 731. The molecule has 8 heteroatoms. The van der Waals surface area contributed by atoms with E-state index in [-0.39, 0.29) is 11.7 Å². The third-order valence-electron chi connectivity index (χ3n) is 2.81. The predicted octanol–water partition coefficient (Wildman–Crippen LogP) is 5.01. The fourth-order valence-electron chi connectivity index (χ4n) is 1.74. The number of carbonyl (C=O) groups is 1. The first kappa shape index (κ1) is 19.1. The lowest BCUT2D eigenvalue weighted by Gasteiger charge is -2.06. The van der Waals surface area contributed by atoms with Gasteiger partial charge in [-0.15, -0.1) is 11.8 Å². The lowest BCUT2D eigenvalue weighted by atomic mass is 10.2. The first-order chi connectivity index (χ1) is 11.5. The maximum atomic E-state index is 11.8. The van der Waals surface area contributed by atoms with Gasteiger partial charge in [0.25, 0.3) is 0 Å². The third-order valence-corrected chi connectivity index (χ3v) is 4.94. The molecule has 0 aliphatic rings. The van der Waals surface area contributed by atoms with E-state index in [2.05, 4.69) is 26.5 Å². The van der Waals surface area contributed by atoms with Crippen molar-refractivity contribution in [3.05, 3.63) is 56.5 Å². The molecule has 126 valence electrons. The van der Waals surface area contributed by atoms with Crippen LogP contribution < -0.4 is 10.2 Å². The van der Waals surface area contributed by atoms with Crippen LogP contribution in [0.25, 0.3) is 0 Å². The fraction of sp³-hybridized carbons (Fsp3) is 0.125. The maximum Gasteiger partial charge on any atom is 0.250 e. The van der Waals surface area contributed by atoms with Crippen molar-refractivity contribution in [1.29, 1.82) is 0 Å². The highest BCUT2D eigenvalue weighted by Gasteiger charge is 2.07. The number of amides is 1. The van der Waals surface area contributed by atoms with Gasteiger partial charge in [-0.05, 0) is 57.9 Å². The summed E-state index contributed by atoms with van der Waals surface area (Å²) in [6.45, 7) is 0. The van der Waals surface area contributed by atoms with Crippen molar-refractivity contribution in [2.24, 2.45) is 5.10 Å². The van der Waals surface area contributed by atoms with E-state index in [0.29, 0.717) is 20.3 Å².